The highest BCUT2D eigenvalue weighted by Gasteiger charge is 2.20. The number of fused-ring (bicyclic) bond motifs is 1. The zero-order chi connectivity index (χ0) is 24.2. The summed E-state index contributed by atoms with van der Waals surface area (Å²) in [5.74, 6) is 0.481. The molecule has 1 saturated heterocycles. The molecular formula is C25H28N6O3S. The van der Waals surface area contributed by atoms with Gasteiger partial charge in [-0.25, -0.2) is 22.6 Å². The molecule has 2 N–H and O–H groups in total. The van der Waals surface area contributed by atoms with Crippen LogP contribution < -0.4 is 10.0 Å². The minimum Gasteiger partial charge on any atom is -0.371 e. The SMILES string of the molecule is CCN1CCOC(c2ccc(Nc3ncc4ccc(-c5cccc(CN[SH](=O)=O)c5)n4n3)cc2)C1. The molecule has 1 aliphatic rings. The smallest absolute Gasteiger partial charge is 0.245 e. The van der Waals surface area contributed by atoms with E-state index >= 15 is 0 Å². The summed E-state index contributed by atoms with van der Waals surface area (Å²) >= 11 is 0. The largest absolute Gasteiger partial charge is 0.371 e. The Morgan fingerprint density at radius 3 is 2.77 bits per heavy atom. The predicted molar refractivity (Wildman–Crippen MR) is 136 cm³/mol. The van der Waals surface area contributed by atoms with E-state index in [1.807, 2.05) is 53.0 Å². The summed E-state index contributed by atoms with van der Waals surface area (Å²) in [4.78, 5) is 6.86. The fraction of sp³-hybridized carbons (Fsp3) is 0.280. The van der Waals surface area contributed by atoms with Gasteiger partial charge in [-0.05, 0) is 48.0 Å². The van der Waals surface area contributed by atoms with Crippen LogP contribution in [0.3, 0.4) is 0 Å². The van der Waals surface area contributed by atoms with Crippen LogP contribution in [0.4, 0.5) is 11.6 Å². The Balaban J connectivity index is 1.34. The van der Waals surface area contributed by atoms with E-state index in [-0.39, 0.29) is 12.6 Å². The fourth-order valence-corrected chi connectivity index (χ4v) is 4.59. The Hall–Kier alpha value is -3.31. The topological polar surface area (TPSA) is 101 Å². The van der Waals surface area contributed by atoms with Gasteiger partial charge in [0.15, 0.2) is 0 Å². The Bertz CT molecular complexity index is 1380. The van der Waals surface area contributed by atoms with E-state index in [1.165, 1.54) is 0 Å². The van der Waals surface area contributed by atoms with E-state index in [9.17, 15) is 8.42 Å². The summed E-state index contributed by atoms with van der Waals surface area (Å²) in [6.07, 6.45) is 1.86. The molecule has 0 amide bonds. The summed E-state index contributed by atoms with van der Waals surface area (Å²) in [6, 6.07) is 19.9. The zero-order valence-corrected chi connectivity index (χ0v) is 20.3. The molecule has 1 atom stereocenters. The number of nitrogens with zero attached hydrogens (tertiary/aromatic N) is 4. The van der Waals surface area contributed by atoms with E-state index < -0.39 is 10.9 Å². The second-order valence-corrected chi connectivity index (χ2v) is 9.26. The van der Waals surface area contributed by atoms with Crippen molar-refractivity contribution >= 4 is 28.0 Å². The summed E-state index contributed by atoms with van der Waals surface area (Å²) in [5.41, 5.74) is 5.62. The van der Waals surface area contributed by atoms with Crippen molar-refractivity contribution in [1.29, 1.82) is 0 Å². The number of thiol groups is 1. The Kier molecular flexibility index (Phi) is 7.05. The number of ether oxygens (including phenoxy) is 1. The minimum absolute atomic E-state index is 0.0907. The van der Waals surface area contributed by atoms with Crippen LogP contribution in [-0.4, -0.2) is 54.2 Å². The fourth-order valence-electron chi connectivity index (χ4n) is 4.28. The van der Waals surface area contributed by atoms with Gasteiger partial charge in [-0.3, -0.25) is 4.90 Å². The lowest BCUT2D eigenvalue weighted by atomic mass is 10.1. The molecular weight excluding hydrogens is 464 g/mol. The van der Waals surface area contributed by atoms with Crippen molar-refractivity contribution in [3.63, 3.8) is 0 Å². The maximum absolute atomic E-state index is 10.9. The Morgan fingerprint density at radius 2 is 1.97 bits per heavy atom. The predicted octanol–water partition coefficient (Wildman–Crippen LogP) is 3.15. The minimum atomic E-state index is -2.64. The molecule has 3 heterocycles. The monoisotopic (exact) mass is 492 g/mol. The molecule has 1 aliphatic heterocycles. The van der Waals surface area contributed by atoms with Crippen LogP contribution in [-0.2, 0) is 22.2 Å². The van der Waals surface area contributed by atoms with Crippen molar-refractivity contribution in [3.8, 4) is 11.3 Å². The molecule has 35 heavy (non-hydrogen) atoms. The van der Waals surface area contributed by atoms with Gasteiger partial charge in [0.2, 0.25) is 16.8 Å². The van der Waals surface area contributed by atoms with Crippen LogP contribution in [0.2, 0.25) is 0 Å². The molecule has 0 aliphatic carbocycles. The van der Waals surface area contributed by atoms with Gasteiger partial charge < -0.3 is 10.1 Å². The number of morpholine rings is 1. The highest BCUT2D eigenvalue weighted by molar-refractivity contribution is 7.70. The number of aromatic nitrogens is 3. The first kappa shape index (κ1) is 23.4. The van der Waals surface area contributed by atoms with Crippen molar-refractivity contribution < 1.29 is 13.2 Å². The second-order valence-electron chi connectivity index (χ2n) is 8.43. The molecule has 9 nitrogen and oxygen atoms in total. The lowest BCUT2D eigenvalue weighted by Crippen LogP contribution is -2.38. The van der Waals surface area contributed by atoms with Gasteiger partial charge in [-0.1, -0.05) is 37.3 Å². The maximum Gasteiger partial charge on any atom is 0.245 e. The Labute approximate surface area is 205 Å². The van der Waals surface area contributed by atoms with Crippen LogP contribution in [0.25, 0.3) is 16.8 Å². The molecule has 2 aromatic carbocycles. The number of nitrogens with one attached hydrogen (secondary N) is 2. The van der Waals surface area contributed by atoms with E-state index in [1.54, 1.807) is 6.20 Å². The molecule has 0 spiro atoms. The first-order valence-corrected chi connectivity index (χ1v) is 12.8. The lowest BCUT2D eigenvalue weighted by Gasteiger charge is -2.32. The van der Waals surface area contributed by atoms with Crippen LogP contribution in [0.15, 0.2) is 66.9 Å². The van der Waals surface area contributed by atoms with Crippen LogP contribution in [0.5, 0.6) is 0 Å². The van der Waals surface area contributed by atoms with Crippen molar-refractivity contribution in [2.24, 2.45) is 0 Å². The number of hydrogen-bond acceptors (Lipinski definition) is 7. The third kappa shape index (κ3) is 5.51. The van der Waals surface area contributed by atoms with Gasteiger partial charge in [0.05, 0.1) is 30.1 Å². The molecule has 1 fully saturated rings. The summed E-state index contributed by atoms with van der Waals surface area (Å²) in [6.45, 7) is 6.10. The van der Waals surface area contributed by atoms with Gasteiger partial charge in [0, 0.05) is 30.9 Å². The van der Waals surface area contributed by atoms with E-state index in [0.717, 1.165) is 59.8 Å². The van der Waals surface area contributed by atoms with Crippen molar-refractivity contribution in [2.75, 3.05) is 31.6 Å². The van der Waals surface area contributed by atoms with Gasteiger partial charge in [-0.2, -0.15) is 0 Å². The molecule has 4 aromatic rings. The first-order chi connectivity index (χ1) is 17.1. The van der Waals surface area contributed by atoms with Gasteiger partial charge in [0.1, 0.15) is 0 Å². The van der Waals surface area contributed by atoms with E-state index in [0.29, 0.717) is 5.95 Å². The number of likely N-dealkylation sites (N-methyl/N-ethyl adjacent to an activating group) is 1. The van der Waals surface area contributed by atoms with Crippen LogP contribution in [0.1, 0.15) is 24.2 Å². The molecule has 2 aromatic heterocycles. The second kappa shape index (κ2) is 10.5. The standard InChI is InChI=1S/C25H28N6O3S/c1-2-30-12-13-34-24(17-30)19-6-8-21(9-7-19)28-25-26-16-22-10-11-23(31(22)29-25)20-5-3-4-18(14-20)15-27-35(32)33/h3-11,14,16,24,35H,2,12-13,15,17H2,1H3,(H,28,29)(H,27,32,33). The summed E-state index contributed by atoms with van der Waals surface area (Å²) < 4.78 is 32.0. The number of benzene rings is 2. The third-order valence-corrected chi connectivity index (χ3v) is 6.59. The van der Waals surface area contributed by atoms with Gasteiger partial charge in [-0.15, -0.1) is 5.10 Å². The van der Waals surface area contributed by atoms with Gasteiger partial charge in [0.25, 0.3) is 0 Å². The average molecular weight is 493 g/mol. The van der Waals surface area contributed by atoms with E-state index in [2.05, 4.69) is 39.0 Å². The molecule has 5 rings (SSSR count). The van der Waals surface area contributed by atoms with Crippen molar-refractivity contribution in [1.82, 2.24) is 24.2 Å². The number of anilines is 2. The normalized spacial score (nSPS) is 16.7. The molecule has 182 valence electrons. The Morgan fingerprint density at radius 1 is 1.11 bits per heavy atom. The van der Waals surface area contributed by atoms with Crippen molar-refractivity contribution in [3.05, 3.63) is 78.0 Å². The van der Waals surface area contributed by atoms with Crippen LogP contribution >= 0.6 is 0 Å². The van der Waals surface area contributed by atoms with Crippen molar-refractivity contribution in [2.45, 2.75) is 19.6 Å². The molecule has 1 unspecified atom stereocenters. The lowest BCUT2D eigenvalue weighted by molar-refractivity contribution is -0.0281. The van der Waals surface area contributed by atoms with Crippen LogP contribution in [0, 0.1) is 0 Å². The van der Waals surface area contributed by atoms with E-state index in [4.69, 9.17) is 9.84 Å². The molecule has 10 heteroatoms. The first-order valence-electron chi connectivity index (χ1n) is 11.6. The number of hydrogen-bond donors (Lipinski definition) is 3. The molecule has 0 bridgehead atoms. The van der Waals surface area contributed by atoms with Gasteiger partial charge >= 0.3 is 0 Å². The quantitative estimate of drug-likeness (QED) is 0.325. The highest BCUT2D eigenvalue weighted by atomic mass is 32.2. The molecule has 0 radical (unpaired) electrons. The summed E-state index contributed by atoms with van der Waals surface area (Å²) in [5, 5.41) is 7.98. The average Bonchev–Trinajstić information content (AvgIpc) is 3.31. The maximum atomic E-state index is 10.9. The molecule has 0 saturated carbocycles. The summed E-state index contributed by atoms with van der Waals surface area (Å²) in [7, 11) is -2.64. The number of rotatable bonds is 8. The highest BCUT2D eigenvalue weighted by Crippen LogP contribution is 2.26. The third-order valence-electron chi connectivity index (χ3n) is 6.17. The zero-order valence-electron chi connectivity index (χ0n) is 19.4.